The van der Waals surface area contributed by atoms with Gasteiger partial charge in [0.2, 0.25) is 0 Å². The number of nitrogens with two attached hydrogens (primary N) is 1. The van der Waals surface area contributed by atoms with Gasteiger partial charge in [0.25, 0.3) is 0 Å². The Balaban J connectivity index is 2.03. The van der Waals surface area contributed by atoms with Gasteiger partial charge in [0.1, 0.15) is 0 Å². The molecule has 5 unspecified atom stereocenters. The van der Waals surface area contributed by atoms with Crippen LogP contribution in [0.25, 0.3) is 0 Å². The maximum absolute atomic E-state index is 6.24. The highest BCUT2D eigenvalue weighted by molar-refractivity contribution is 4.92. The van der Waals surface area contributed by atoms with E-state index in [1.165, 1.54) is 38.5 Å². The van der Waals surface area contributed by atoms with Gasteiger partial charge in [-0.3, -0.25) is 0 Å². The Bertz CT molecular complexity index is 190. The van der Waals surface area contributed by atoms with Gasteiger partial charge in [0.15, 0.2) is 0 Å². The van der Waals surface area contributed by atoms with Crippen LogP contribution in [0.5, 0.6) is 0 Å². The highest BCUT2D eigenvalue weighted by Crippen LogP contribution is 2.45. The zero-order valence-corrected chi connectivity index (χ0v) is 9.71. The Labute approximate surface area is 88.4 Å². The molecule has 0 aromatic heterocycles. The molecular formula is C13H25N. The van der Waals surface area contributed by atoms with E-state index in [0.717, 1.165) is 23.7 Å². The predicted molar refractivity (Wildman–Crippen MR) is 61.0 cm³/mol. The maximum atomic E-state index is 6.24. The van der Waals surface area contributed by atoms with E-state index >= 15 is 0 Å². The second-order valence-corrected chi connectivity index (χ2v) is 5.63. The van der Waals surface area contributed by atoms with E-state index in [1.807, 2.05) is 0 Å². The highest BCUT2D eigenvalue weighted by Gasteiger charge is 2.39. The van der Waals surface area contributed by atoms with Crippen LogP contribution in [0.15, 0.2) is 0 Å². The van der Waals surface area contributed by atoms with Gasteiger partial charge < -0.3 is 5.73 Å². The third kappa shape index (κ3) is 1.84. The first-order valence-electron chi connectivity index (χ1n) is 6.48. The molecule has 0 amide bonds. The van der Waals surface area contributed by atoms with Crippen LogP contribution in [0.1, 0.15) is 52.4 Å². The molecule has 14 heavy (non-hydrogen) atoms. The van der Waals surface area contributed by atoms with E-state index in [-0.39, 0.29) is 0 Å². The molecule has 2 N–H and O–H groups in total. The normalized spacial score (nSPS) is 48.6. The van der Waals surface area contributed by atoms with Crippen molar-refractivity contribution in [2.24, 2.45) is 29.4 Å². The zero-order valence-electron chi connectivity index (χ0n) is 9.71. The molecule has 1 nitrogen and oxygen atoms in total. The lowest BCUT2D eigenvalue weighted by molar-refractivity contribution is 0.0650. The molecule has 5 atom stereocenters. The van der Waals surface area contributed by atoms with Crippen LogP contribution >= 0.6 is 0 Å². The van der Waals surface area contributed by atoms with Crippen molar-refractivity contribution in [3.63, 3.8) is 0 Å². The Morgan fingerprint density at radius 1 is 1.07 bits per heavy atom. The summed E-state index contributed by atoms with van der Waals surface area (Å²) in [6.07, 6.45) is 8.35. The lowest BCUT2D eigenvalue weighted by atomic mass is 9.61. The number of hydrogen-bond acceptors (Lipinski definition) is 1. The van der Waals surface area contributed by atoms with Crippen LogP contribution in [0.3, 0.4) is 0 Å². The molecule has 82 valence electrons. The molecule has 2 aliphatic rings. The van der Waals surface area contributed by atoms with E-state index in [1.54, 1.807) is 0 Å². The number of fused-ring (bicyclic) bond motifs is 1. The first kappa shape index (κ1) is 10.5. The van der Waals surface area contributed by atoms with Crippen LogP contribution in [0.4, 0.5) is 0 Å². The Morgan fingerprint density at radius 2 is 1.86 bits per heavy atom. The van der Waals surface area contributed by atoms with Gasteiger partial charge >= 0.3 is 0 Å². The minimum absolute atomic E-state index is 0.522. The van der Waals surface area contributed by atoms with Gasteiger partial charge in [-0.25, -0.2) is 0 Å². The van der Waals surface area contributed by atoms with Crippen molar-refractivity contribution in [2.75, 3.05) is 0 Å². The Morgan fingerprint density at radius 3 is 2.57 bits per heavy atom. The van der Waals surface area contributed by atoms with E-state index in [2.05, 4.69) is 13.8 Å². The summed E-state index contributed by atoms with van der Waals surface area (Å²) in [4.78, 5) is 0. The van der Waals surface area contributed by atoms with E-state index in [9.17, 15) is 0 Å². The molecule has 0 spiro atoms. The van der Waals surface area contributed by atoms with Crippen molar-refractivity contribution in [3.05, 3.63) is 0 Å². The van der Waals surface area contributed by atoms with Crippen molar-refractivity contribution >= 4 is 0 Å². The van der Waals surface area contributed by atoms with Crippen molar-refractivity contribution in [3.8, 4) is 0 Å². The molecule has 0 aromatic carbocycles. The first-order valence-corrected chi connectivity index (χ1v) is 6.48. The van der Waals surface area contributed by atoms with Crippen LogP contribution in [0.2, 0.25) is 0 Å². The summed E-state index contributed by atoms with van der Waals surface area (Å²) in [5.41, 5.74) is 6.24. The fraction of sp³-hybridized carbons (Fsp3) is 1.00. The summed E-state index contributed by atoms with van der Waals surface area (Å²) in [5, 5.41) is 0. The smallest absolute Gasteiger partial charge is 0.00700 e. The maximum Gasteiger partial charge on any atom is 0.00700 e. The van der Waals surface area contributed by atoms with E-state index < -0.39 is 0 Å². The molecule has 2 aliphatic carbocycles. The number of rotatable bonds is 1. The largest absolute Gasteiger partial charge is 0.327 e. The molecule has 0 aliphatic heterocycles. The van der Waals surface area contributed by atoms with Crippen molar-refractivity contribution in [1.82, 2.24) is 0 Å². The second kappa shape index (κ2) is 4.22. The van der Waals surface area contributed by atoms with Gasteiger partial charge in [-0.15, -0.1) is 0 Å². The lowest BCUT2D eigenvalue weighted by Crippen LogP contribution is -2.45. The van der Waals surface area contributed by atoms with Gasteiger partial charge in [-0.05, 0) is 49.4 Å². The van der Waals surface area contributed by atoms with Crippen molar-refractivity contribution in [1.29, 1.82) is 0 Å². The van der Waals surface area contributed by atoms with Crippen molar-refractivity contribution in [2.45, 2.75) is 58.4 Å². The van der Waals surface area contributed by atoms with Crippen LogP contribution in [-0.2, 0) is 0 Å². The molecule has 0 heterocycles. The van der Waals surface area contributed by atoms with Gasteiger partial charge in [0, 0.05) is 6.04 Å². The topological polar surface area (TPSA) is 26.0 Å². The van der Waals surface area contributed by atoms with Gasteiger partial charge in [-0.1, -0.05) is 26.7 Å². The summed E-state index contributed by atoms with van der Waals surface area (Å²) >= 11 is 0. The fourth-order valence-corrected chi connectivity index (χ4v) is 3.76. The molecule has 0 radical (unpaired) electrons. The minimum Gasteiger partial charge on any atom is -0.327 e. The fourth-order valence-electron chi connectivity index (χ4n) is 3.76. The summed E-state index contributed by atoms with van der Waals surface area (Å²) in [5.74, 6) is 3.76. The van der Waals surface area contributed by atoms with E-state index in [0.29, 0.717) is 6.04 Å². The molecule has 2 rings (SSSR count). The summed E-state index contributed by atoms with van der Waals surface area (Å²) in [7, 11) is 0. The third-order valence-corrected chi connectivity index (χ3v) is 4.88. The quantitative estimate of drug-likeness (QED) is 0.683. The predicted octanol–water partition coefficient (Wildman–Crippen LogP) is 3.19. The molecular weight excluding hydrogens is 170 g/mol. The summed E-state index contributed by atoms with van der Waals surface area (Å²) in [6, 6.07) is 0.522. The Hall–Kier alpha value is -0.0400. The molecule has 2 fully saturated rings. The lowest BCUT2D eigenvalue weighted by Gasteiger charge is -2.46. The molecule has 0 bridgehead atoms. The molecule has 0 saturated heterocycles. The highest BCUT2D eigenvalue weighted by atomic mass is 14.7. The number of hydrogen-bond donors (Lipinski definition) is 1. The second-order valence-electron chi connectivity index (χ2n) is 5.63. The molecule has 1 heteroatoms. The van der Waals surface area contributed by atoms with Crippen LogP contribution < -0.4 is 5.73 Å². The summed E-state index contributed by atoms with van der Waals surface area (Å²) in [6.45, 7) is 4.79. The molecule has 0 aromatic rings. The van der Waals surface area contributed by atoms with Crippen LogP contribution in [0, 0.1) is 23.7 Å². The average Bonchev–Trinajstić information content (AvgIpc) is 2.23. The summed E-state index contributed by atoms with van der Waals surface area (Å²) < 4.78 is 0. The average molecular weight is 195 g/mol. The third-order valence-electron chi connectivity index (χ3n) is 4.88. The standard InChI is InChI=1S/C13H25N/c1-3-10-5-6-11-12(8-10)9(2)4-7-13(11)14/h9-13H,3-8,14H2,1-2H3. The monoisotopic (exact) mass is 195 g/mol. The SMILES string of the molecule is CCC1CCC2C(N)CCC(C)C2C1. The van der Waals surface area contributed by atoms with E-state index in [4.69, 9.17) is 5.73 Å². The van der Waals surface area contributed by atoms with Gasteiger partial charge in [0.05, 0.1) is 0 Å². The zero-order chi connectivity index (χ0) is 10.1. The first-order chi connectivity index (χ1) is 6.72. The van der Waals surface area contributed by atoms with Gasteiger partial charge in [-0.2, -0.15) is 0 Å². The van der Waals surface area contributed by atoms with Crippen LogP contribution in [-0.4, -0.2) is 6.04 Å². The Kier molecular flexibility index (Phi) is 3.16. The van der Waals surface area contributed by atoms with Crippen molar-refractivity contribution < 1.29 is 0 Å². The molecule has 2 saturated carbocycles. The minimum atomic E-state index is 0.522.